The van der Waals surface area contributed by atoms with Crippen molar-refractivity contribution in [3.63, 3.8) is 0 Å². The van der Waals surface area contributed by atoms with Gasteiger partial charge in [0, 0.05) is 12.6 Å². The Morgan fingerprint density at radius 1 is 0.950 bits per heavy atom. The summed E-state index contributed by atoms with van der Waals surface area (Å²) in [5.74, 6) is -1.55. The number of ether oxygens (including phenoxy) is 3. The van der Waals surface area contributed by atoms with Gasteiger partial charge in [0.15, 0.2) is 0 Å². The largest absolute Gasteiger partial charge is 0.465 e. The van der Waals surface area contributed by atoms with Crippen LogP contribution >= 0.6 is 0 Å². The normalized spacial score (nSPS) is 9.95. The van der Waals surface area contributed by atoms with Crippen LogP contribution in [0.2, 0.25) is 0 Å². The highest BCUT2D eigenvalue weighted by Gasteiger charge is 2.08. The van der Waals surface area contributed by atoms with Crippen LogP contribution < -0.4 is 0 Å². The van der Waals surface area contributed by atoms with E-state index in [2.05, 4.69) is 11.3 Å². The lowest BCUT2D eigenvalue weighted by molar-refractivity contribution is -0.150. The number of hydrogen-bond donors (Lipinski definition) is 0. The van der Waals surface area contributed by atoms with Gasteiger partial charge in [0.25, 0.3) is 0 Å². The summed E-state index contributed by atoms with van der Waals surface area (Å²) in [6.07, 6.45) is 0.954. The molecule has 0 saturated heterocycles. The van der Waals surface area contributed by atoms with E-state index < -0.39 is 17.9 Å². The third-order valence-electron chi connectivity index (χ3n) is 2.09. The van der Waals surface area contributed by atoms with Gasteiger partial charge in [-0.25, -0.2) is 4.79 Å². The number of carbonyl (C=O) groups is 3. The lowest BCUT2D eigenvalue weighted by Gasteiger charge is -2.10. The zero-order chi connectivity index (χ0) is 15.4. The van der Waals surface area contributed by atoms with Crippen molar-refractivity contribution in [3.05, 3.63) is 12.7 Å². The predicted molar refractivity (Wildman–Crippen MR) is 70.9 cm³/mol. The molecule has 114 valence electrons. The summed E-state index contributed by atoms with van der Waals surface area (Å²) < 4.78 is 14.3. The first kappa shape index (κ1) is 18.1. The van der Waals surface area contributed by atoms with Crippen molar-refractivity contribution in [2.24, 2.45) is 0 Å². The van der Waals surface area contributed by atoms with Crippen LogP contribution in [0, 0.1) is 0 Å². The van der Waals surface area contributed by atoms with Crippen molar-refractivity contribution in [2.75, 3.05) is 40.5 Å². The molecule has 7 heteroatoms. The molecular formula is C13H21NO6. The van der Waals surface area contributed by atoms with Gasteiger partial charge >= 0.3 is 17.9 Å². The SMILES string of the molecule is C=CC(=O)OCCC(=O)OCCC(=O)OCCN(C)C. The molecule has 0 bridgehead atoms. The number of esters is 3. The summed E-state index contributed by atoms with van der Waals surface area (Å²) in [5, 5.41) is 0. The average molecular weight is 287 g/mol. The smallest absolute Gasteiger partial charge is 0.330 e. The van der Waals surface area contributed by atoms with Crippen LogP contribution in [0.3, 0.4) is 0 Å². The summed E-state index contributed by atoms with van der Waals surface area (Å²) in [5.41, 5.74) is 0. The van der Waals surface area contributed by atoms with Crippen LogP contribution in [0.1, 0.15) is 12.8 Å². The quantitative estimate of drug-likeness (QED) is 0.321. The molecule has 0 rings (SSSR count). The van der Waals surface area contributed by atoms with E-state index in [0.717, 1.165) is 6.08 Å². The minimum atomic E-state index is -0.595. The summed E-state index contributed by atoms with van der Waals surface area (Å²) in [4.78, 5) is 35.0. The van der Waals surface area contributed by atoms with Crippen molar-refractivity contribution < 1.29 is 28.6 Å². The van der Waals surface area contributed by atoms with Gasteiger partial charge in [-0.05, 0) is 14.1 Å². The Labute approximate surface area is 118 Å². The third-order valence-corrected chi connectivity index (χ3v) is 2.09. The van der Waals surface area contributed by atoms with E-state index in [4.69, 9.17) is 9.47 Å². The van der Waals surface area contributed by atoms with E-state index in [1.54, 1.807) is 0 Å². The van der Waals surface area contributed by atoms with Crippen LogP contribution in [0.4, 0.5) is 0 Å². The Morgan fingerprint density at radius 2 is 1.45 bits per heavy atom. The Hall–Kier alpha value is -1.89. The second kappa shape index (κ2) is 11.0. The van der Waals surface area contributed by atoms with Gasteiger partial charge in [0.1, 0.15) is 19.8 Å². The van der Waals surface area contributed by atoms with Gasteiger partial charge in [-0.2, -0.15) is 0 Å². The highest BCUT2D eigenvalue weighted by Crippen LogP contribution is 1.93. The molecule has 0 fully saturated rings. The highest BCUT2D eigenvalue weighted by molar-refractivity contribution is 5.81. The molecular weight excluding hydrogens is 266 g/mol. The first-order chi connectivity index (χ1) is 9.45. The van der Waals surface area contributed by atoms with E-state index in [-0.39, 0.29) is 26.1 Å². The number of hydrogen-bond acceptors (Lipinski definition) is 7. The molecule has 0 saturated carbocycles. The number of carbonyl (C=O) groups excluding carboxylic acids is 3. The van der Waals surface area contributed by atoms with Crippen molar-refractivity contribution >= 4 is 17.9 Å². The van der Waals surface area contributed by atoms with Crippen LogP contribution in [-0.4, -0.2) is 63.3 Å². The average Bonchev–Trinajstić information content (AvgIpc) is 2.38. The molecule has 0 aliphatic heterocycles. The van der Waals surface area contributed by atoms with Crippen molar-refractivity contribution in [2.45, 2.75) is 12.8 Å². The zero-order valence-electron chi connectivity index (χ0n) is 11.9. The van der Waals surface area contributed by atoms with Crippen LogP contribution in [0.15, 0.2) is 12.7 Å². The number of nitrogens with zero attached hydrogens (tertiary/aromatic N) is 1. The maximum absolute atomic E-state index is 11.2. The molecule has 0 aromatic carbocycles. The number of likely N-dealkylation sites (N-methyl/N-ethyl adjacent to an activating group) is 1. The van der Waals surface area contributed by atoms with E-state index in [0.29, 0.717) is 13.2 Å². The molecule has 0 aromatic heterocycles. The van der Waals surface area contributed by atoms with Crippen molar-refractivity contribution in [1.82, 2.24) is 4.90 Å². The van der Waals surface area contributed by atoms with E-state index >= 15 is 0 Å². The lowest BCUT2D eigenvalue weighted by Crippen LogP contribution is -2.21. The highest BCUT2D eigenvalue weighted by atomic mass is 16.6. The van der Waals surface area contributed by atoms with E-state index in [1.807, 2.05) is 19.0 Å². The third kappa shape index (κ3) is 11.2. The standard InChI is InChI=1S/C13H21NO6/c1-4-11(15)18-8-5-12(16)19-9-6-13(17)20-10-7-14(2)3/h4H,1,5-10H2,2-3H3. The molecule has 0 N–H and O–H groups in total. The lowest BCUT2D eigenvalue weighted by atomic mass is 10.4. The fraction of sp³-hybridized carbons (Fsp3) is 0.615. The molecule has 0 spiro atoms. The fourth-order valence-corrected chi connectivity index (χ4v) is 1.03. The second-order valence-corrected chi connectivity index (χ2v) is 4.12. The Morgan fingerprint density at radius 3 is 1.95 bits per heavy atom. The van der Waals surface area contributed by atoms with E-state index in [9.17, 15) is 14.4 Å². The zero-order valence-corrected chi connectivity index (χ0v) is 11.9. The van der Waals surface area contributed by atoms with Crippen LogP contribution in [-0.2, 0) is 28.6 Å². The maximum atomic E-state index is 11.2. The molecule has 0 aromatic rings. The van der Waals surface area contributed by atoms with Gasteiger partial charge in [-0.15, -0.1) is 0 Å². The van der Waals surface area contributed by atoms with Gasteiger partial charge in [-0.3, -0.25) is 9.59 Å². The van der Waals surface area contributed by atoms with Crippen molar-refractivity contribution in [3.8, 4) is 0 Å². The number of rotatable bonds is 10. The van der Waals surface area contributed by atoms with Crippen LogP contribution in [0.5, 0.6) is 0 Å². The summed E-state index contributed by atoms with van der Waals surface area (Å²) in [6, 6.07) is 0. The molecule has 0 atom stereocenters. The molecule has 0 radical (unpaired) electrons. The summed E-state index contributed by atoms with van der Waals surface area (Å²) in [6.45, 7) is 4.04. The minimum absolute atomic E-state index is 0.00557. The first-order valence-electron chi connectivity index (χ1n) is 6.21. The monoisotopic (exact) mass is 287 g/mol. The second-order valence-electron chi connectivity index (χ2n) is 4.12. The fourth-order valence-electron chi connectivity index (χ4n) is 1.03. The summed E-state index contributed by atoms with van der Waals surface area (Å²) in [7, 11) is 3.74. The predicted octanol–water partition coefficient (Wildman–Crippen LogP) is 0.144. The molecule has 0 unspecified atom stereocenters. The Bertz CT molecular complexity index is 340. The minimum Gasteiger partial charge on any atom is -0.465 e. The molecule has 0 heterocycles. The Balaban J connectivity index is 3.53. The summed E-state index contributed by atoms with van der Waals surface area (Å²) >= 11 is 0. The van der Waals surface area contributed by atoms with Crippen molar-refractivity contribution in [1.29, 1.82) is 0 Å². The topological polar surface area (TPSA) is 82.1 Å². The molecule has 20 heavy (non-hydrogen) atoms. The van der Waals surface area contributed by atoms with Gasteiger partial charge in [-0.1, -0.05) is 6.58 Å². The van der Waals surface area contributed by atoms with Gasteiger partial charge < -0.3 is 19.1 Å². The maximum Gasteiger partial charge on any atom is 0.330 e. The molecule has 0 aliphatic carbocycles. The van der Waals surface area contributed by atoms with Crippen LogP contribution in [0.25, 0.3) is 0 Å². The molecule has 0 amide bonds. The van der Waals surface area contributed by atoms with E-state index in [1.165, 1.54) is 0 Å². The molecule has 0 aliphatic rings. The van der Waals surface area contributed by atoms with Gasteiger partial charge in [0.2, 0.25) is 0 Å². The molecule has 7 nitrogen and oxygen atoms in total. The first-order valence-corrected chi connectivity index (χ1v) is 6.21. The Kier molecular flexibility index (Phi) is 9.94. The van der Waals surface area contributed by atoms with Gasteiger partial charge in [0.05, 0.1) is 12.8 Å².